The van der Waals surface area contributed by atoms with Gasteiger partial charge in [0.25, 0.3) is 0 Å². The highest BCUT2D eigenvalue weighted by molar-refractivity contribution is 5.87. The lowest BCUT2D eigenvalue weighted by Crippen LogP contribution is -2.40. The second kappa shape index (κ2) is 6.31. The quantitative estimate of drug-likeness (QED) is 0.797. The molecular weight excluding hydrogens is 260 g/mol. The number of rotatable bonds is 3. The van der Waals surface area contributed by atoms with Crippen molar-refractivity contribution in [3.63, 3.8) is 0 Å². The molecule has 7 heteroatoms. The number of methoxy groups -OCH3 is 1. The second-order valence-electron chi connectivity index (χ2n) is 4.63. The minimum atomic E-state index is -0.500. The Labute approximate surface area is 117 Å². The first-order chi connectivity index (χ1) is 9.65. The summed E-state index contributed by atoms with van der Waals surface area (Å²) in [6, 6.07) is 0. The number of carbonyl (C=O) groups excluding carboxylic acids is 2. The van der Waals surface area contributed by atoms with E-state index in [-0.39, 0.29) is 17.5 Å². The maximum atomic E-state index is 11.6. The van der Waals surface area contributed by atoms with Crippen LogP contribution in [0.5, 0.6) is 0 Å². The van der Waals surface area contributed by atoms with Crippen molar-refractivity contribution in [2.45, 2.75) is 12.8 Å². The number of hydrogen-bond donors (Lipinski definition) is 1. The predicted octanol–water partition coefficient (Wildman–Crippen LogP) is 0.226. The molecule has 20 heavy (non-hydrogen) atoms. The van der Waals surface area contributed by atoms with Crippen molar-refractivity contribution in [2.75, 3.05) is 32.1 Å². The molecule has 1 aliphatic heterocycles. The molecule has 1 N–H and O–H groups in total. The molecule has 2 rings (SSSR count). The molecule has 0 spiro atoms. The van der Waals surface area contributed by atoms with Gasteiger partial charge in [-0.05, 0) is 12.8 Å². The lowest BCUT2D eigenvalue weighted by atomic mass is 9.96. The minimum Gasteiger partial charge on any atom is -0.464 e. The fourth-order valence-electron chi connectivity index (χ4n) is 2.29. The zero-order valence-electron chi connectivity index (χ0n) is 11.6. The van der Waals surface area contributed by atoms with Crippen LogP contribution in [0.4, 0.5) is 5.82 Å². The molecule has 0 aliphatic carbocycles. The van der Waals surface area contributed by atoms with Crippen LogP contribution in [0.1, 0.15) is 23.3 Å². The first kappa shape index (κ1) is 14.2. The lowest BCUT2D eigenvalue weighted by molar-refractivity contribution is -0.125. The average molecular weight is 278 g/mol. The monoisotopic (exact) mass is 278 g/mol. The smallest absolute Gasteiger partial charge is 0.358 e. The number of carbonyl (C=O) groups is 2. The van der Waals surface area contributed by atoms with E-state index in [9.17, 15) is 9.59 Å². The van der Waals surface area contributed by atoms with Gasteiger partial charge in [-0.25, -0.2) is 9.78 Å². The van der Waals surface area contributed by atoms with Gasteiger partial charge in [-0.15, -0.1) is 0 Å². The highest BCUT2D eigenvalue weighted by Crippen LogP contribution is 2.21. The summed E-state index contributed by atoms with van der Waals surface area (Å²) < 4.78 is 4.63. The van der Waals surface area contributed by atoms with Crippen LogP contribution in [0.3, 0.4) is 0 Å². The van der Waals surface area contributed by atoms with E-state index in [1.165, 1.54) is 13.3 Å². The van der Waals surface area contributed by atoms with Crippen molar-refractivity contribution in [1.29, 1.82) is 0 Å². The van der Waals surface area contributed by atoms with Crippen molar-refractivity contribution in [3.05, 3.63) is 18.1 Å². The zero-order valence-corrected chi connectivity index (χ0v) is 11.6. The van der Waals surface area contributed by atoms with Crippen LogP contribution >= 0.6 is 0 Å². The van der Waals surface area contributed by atoms with Crippen LogP contribution in [0.15, 0.2) is 12.4 Å². The van der Waals surface area contributed by atoms with Gasteiger partial charge in [0.05, 0.1) is 19.5 Å². The number of ether oxygens (including phenoxy) is 1. The van der Waals surface area contributed by atoms with Crippen LogP contribution in [-0.2, 0) is 9.53 Å². The number of nitrogens with zero attached hydrogens (tertiary/aromatic N) is 3. The molecule has 7 nitrogen and oxygen atoms in total. The fourth-order valence-corrected chi connectivity index (χ4v) is 2.29. The van der Waals surface area contributed by atoms with Gasteiger partial charge in [-0.1, -0.05) is 0 Å². The molecular formula is C13H18N4O3. The Morgan fingerprint density at radius 1 is 1.35 bits per heavy atom. The SMILES string of the molecule is CNC(=O)C1CCN(c2cncc(C(=O)OC)n2)CC1. The van der Waals surface area contributed by atoms with Crippen molar-refractivity contribution in [3.8, 4) is 0 Å². The Bertz CT molecular complexity index is 498. The van der Waals surface area contributed by atoms with E-state index in [2.05, 4.69) is 20.0 Å². The van der Waals surface area contributed by atoms with Crippen molar-refractivity contribution >= 4 is 17.7 Å². The number of piperidine rings is 1. The van der Waals surface area contributed by atoms with Crippen LogP contribution in [0.2, 0.25) is 0 Å². The number of nitrogens with one attached hydrogen (secondary N) is 1. The summed E-state index contributed by atoms with van der Waals surface area (Å²) in [7, 11) is 2.96. The molecule has 2 heterocycles. The third kappa shape index (κ3) is 3.04. The van der Waals surface area contributed by atoms with Crippen LogP contribution in [-0.4, -0.2) is 49.1 Å². The molecule has 1 saturated heterocycles. The molecule has 1 amide bonds. The van der Waals surface area contributed by atoms with Gasteiger partial charge >= 0.3 is 5.97 Å². The van der Waals surface area contributed by atoms with Gasteiger partial charge in [0.15, 0.2) is 5.69 Å². The third-order valence-corrected chi connectivity index (χ3v) is 3.45. The molecule has 0 atom stereocenters. The fraction of sp³-hybridized carbons (Fsp3) is 0.538. The number of hydrogen-bond acceptors (Lipinski definition) is 6. The normalized spacial score (nSPS) is 15.8. The minimum absolute atomic E-state index is 0.0491. The summed E-state index contributed by atoms with van der Waals surface area (Å²) in [6.45, 7) is 1.44. The van der Waals surface area contributed by atoms with E-state index in [0.29, 0.717) is 5.82 Å². The highest BCUT2D eigenvalue weighted by atomic mass is 16.5. The van der Waals surface area contributed by atoms with E-state index in [0.717, 1.165) is 25.9 Å². The van der Waals surface area contributed by atoms with Gasteiger partial charge in [-0.3, -0.25) is 9.78 Å². The largest absolute Gasteiger partial charge is 0.464 e. The Hall–Kier alpha value is -2.18. The van der Waals surface area contributed by atoms with Crippen molar-refractivity contribution < 1.29 is 14.3 Å². The summed E-state index contributed by atoms with van der Waals surface area (Å²) in [6.07, 6.45) is 4.53. The first-order valence-electron chi connectivity index (χ1n) is 6.52. The Morgan fingerprint density at radius 2 is 2.05 bits per heavy atom. The molecule has 0 radical (unpaired) electrons. The molecule has 1 fully saturated rings. The number of anilines is 1. The van der Waals surface area contributed by atoms with E-state index in [4.69, 9.17) is 0 Å². The van der Waals surface area contributed by atoms with Crippen molar-refractivity contribution in [2.24, 2.45) is 5.92 Å². The molecule has 1 aliphatic rings. The average Bonchev–Trinajstić information content (AvgIpc) is 2.53. The van der Waals surface area contributed by atoms with E-state index in [1.54, 1.807) is 13.2 Å². The molecule has 0 saturated carbocycles. The summed E-state index contributed by atoms with van der Waals surface area (Å²) in [5, 5.41) is 2.67. The number of amides is 1. The molecule has 1 aromatic rings. The maximum Gasteiger partial charge on any atom is 0.358 e. The van der Waals surface area contributed by atoms with E-state index >= 15 is 0 Å². The second-order valence-corrected chi connectivity index (χ2v) is 4.63. The predicted molar refractivity (Wildman–Crippen MR) is 72.4 cm³/mol. The van der Waals surface area contributed by atoms with E-state index < -0.39 is 5.97 Å². The van der Waals surface area contributed by atoms with Crippen LogP contribution in [0, 0.1) is 5.92 Å². The third-order valence-electron chi connectivity index (χ3n) is 3.45. The van der Waals surface area contributed by atoms with Gasteiger partial charge in [0, 0.05) is 26.1 Å². The van der Waals surface area contributed by atoms with Gasteiger partial charge in [-0.2, -0.15) is 0 Å². The lowest BCUT2D eigenvalue weighted by Gasteiger charge is -2.31. The van der Waals surface area contributed by atoms with E-state index in [1.807, 2.05) is 4.90 Å². The summed E-state index contributed by atoms with van der Waals surface area (Å²) in [4.78, 5) is 33.3. The Kier molecular flexibility index (Phi) is 4.49. The molecule has 0 unspecified atom stereocenters. The maximum absolute atomic E-state index is 11.6. The zero-order chi connectivity index (χ0) is 14.5. The summed E-state index contributed by atoms with van der Waals surface area (Å²) >= 11 is 0. The highest BCUT2D eigenvalue weighted by Gasteiger charge is 2.25. The van der Waals surface area contributed by atoms with Crippen LogP contribution < -0.4 is 10.2 Å². The van der Waals surface area contributed by atoms with Crippen molar-refractivity contribution in [1.82, 2.24) is 15.3 Å². The Balaban J connectivity index is 2.03. The molecule has 108 valence electrons. The molecule has 0 bridgehead atoms. The standard InChI is InChI=1S/C13H18N4O3/c1-14-12(18)9-3-5-17(6-4-9)11-8-15-7-10(16-11)13(19)20-2/h7-9H,3-6H2,1-2H3,(H,14,18). The molecule has 0 aromatic carbocycles. The summed E-state index contributed by atoms with van der Waals surface area (Å²) in [5.74, 6) is 0.273. The first-order valence-corrected chi connectivity index (χ1v) is 6.52. The number of esters is 1. The van der Waals surface area contributed by atoms with Crippen LogP contribution in [0.25, 0.3) is 0 Å². The summed E-state index contributed by atoms with van der Waals surface area (Å²) in [5.41, 5.74) is 0.193. The molecule has 1 aromatic heterocycles. The van der Waals surface area contributed by atoms with Gasteiger partial charge in [0.2, 0.25) is 5.91 Å². The number of aromatic nitrogens is 2. The topological polar surface area (TPSA) is 84.4 Å². The Morgan fingerprint density at radius 3 is 2.65 bits per heavy atom. The van der Waals surface area contributed by atoms with Gasteiger partial charge < -0.3 is 15.0 Å². The van der Waals surface area contributed by atoms with Gasteiger partial charge in [0.1, 0.15) is 5.82 Å².